The number of aldehydes is 1. The van der Waals surface area contributed by atoms with Crippen molar-refractivity contribution < 1.29 is 23.9 Å². The normalized spacial score (nSPS) is 15.9. The first-order valence-electron chi connectivity index (χ1n) is 14.4. The zero-order chi connectivity index (χ0) is 28.8. The van der Waals surface area contributed by atoms with Gasteiger partial charge < -0.3 is 36.5 Å². The fraction of sp³-hybridized carbons (Fsp3) is 0.815. The summed E-state index contributed by atoms with van der Waals surface area (Å²) < 4.78 is 5.00. The third kappa shape index (κ3) is 14.8. The van der Waals surface area contributed by atoms with Crippen LogP contribution >= 0.6 is 0 Å². The number of rotatable bonds is 18. The Kier molecular flexibility index (Phi) is 20.5. The van der Waals surface area contributed by atoms with Crippen molar-refractivity contribution in [3.63, 3.8) is 0 Å². The Morgan fingerprint density at radius 2 is 1.66 bits per heavy atom. The molecule has 3 atom stereocenters. The average molecular weight is 541 g/mol. The predicted molar refractivity (Wildman–Crippen MR) is 151 cm³/mol. The number of ether oxygens (including phenoxy) is 1. The summed E-state index contributed by atoms with van der Waals surface area (Å²) in [7, 11) is 0. The number of nitrogens with one attached hydrogen (secondary N) is 2. The molecule has 0 radical (unpaired) electrons. The molecule has 38 heavy (non-hydrogen) atoms. The number of carbonyl (C=O) groups is 4. The molecule has 1 fully saturated rings. The van der Waals surface area contributed by atoms with Gasteiger partial charge in [-0.05, 0) is 39.0 Å². The molecule has 11 nitrogen and oxygen atoms in total. The summed E-state index contributed by atoms with van der Waals surface area (Å²) in [6.45, 7) is 8.86. The molecule has 220 valence electrons. The molecule has 0 saturated carbocycles. The van der Waals surface area contributed by atoms with Gasteiger partial charge in [0.1, 0.15) is 18.4 Å². The number of alkyl carbamates (subject to hydrolysis) is 1. The highest BCUT2D eigenvalue weighted by atomic mass is 16.5. The highest BCUT2D eigenvalue weighted by Gasteiger charge is 2.38. The Labute approximate surface area is 228 Å². The van der Waals surface area contributed by atoms with E-state index in [-0.39, 0.29) is 24.4 Å². The van der Waals surface area contributed by atoms with E-state index >= 15 is 0 Å². The topological polar surface area (TPSA) is 169 Å². The van der Waals surface area contributed by atoms with E-state index < -0.39 is 24.2 Å². The Hall–Kier alpha value is -2.85. The zero-order valence-electron chi connectivity index (χ0n) is 24.0. The molecule has 0 aromatic heterocycles. The van der Waals surface area contributed by atoms with E-state index in [4.69, 9.17) is 16.2 Å². The van der Waals surface area contributed by atoms with Gasteiger partial charge in [-0.15, -0.1) is 0 Å². The standard InChI is InChI=1S/C25H46N6O5.C2H6/c1-3-5-6-7-8-9-10-14-20(30-25(35)36-4-2)23(34)31-17-12-15-21(31)22(33)29-19(18-32)13-11-16-28-24(26)27;1-2/h18-21H,3-17H2,1-2H3,(H,29,33)(H,30,35)(H4,26,27,28);1-2H3/t19-,20+,21-;/m0./s1. The van der Waals surface area contributed by atoms with Gasteiger partial charge in [-0.25, -0.2) is 4.79 Å². The van der Waals surface area contributed by atoms with Gasteiger partial charge in [0.2, 0.25) is 11.8 Å². The monoisotopic (exact) mass is 540 g/mol. The molecule has 6 N–H and O–H groups in total. The highest BCUT2D eigenvalue weighted by molar-refractivity contribution is 5.92. The number of aliphatic imine (C=N–C) groups is 1. The Balaban J connectivity index is 0.00000667. The summed E-state index contributed by atoms with van der Waals surface area (Å²) >= 11 is 0. The molecule has 0 bridgehead atoms. The number of unbranched alkanes of at least 4 members (excludes halogenated alkanes) is 6. The van der Waals surface area contributed by atoms with Crippen molar-refractivity contribution in [2.24, 2.45) is 16.5 Å². The molecule has 0 aromatic rings. The minimum atomic E-state index is -0.755. The van der Waals surface area contributed by atoms with Crippen LogP contribution in [0, 0.1) is 0 Å². The fourth-order valence-electron chi connectivity index (χ4n) is 4.35. The van der Waals surface area contributed by atoms with Crippen LogP contribution in [0.4, 0.5) is 4.79 Å². The van der Waals surface area contributed by atoms with Gasteiger partial charge in [0.15, 0.2) is 5.96 Å². The molecule has 0 aromatic carbocycles. The lowest BCUT2D eigenvalue weighted by Crippen LogP contribution is -2.54. The van der Waals surface area contributed by atoms with E-state index in [0.717, 1.165) is 25.7 Å². The van der Waals surface area contributed by atoms with Crippen LogP contribution in [0.1, 0.15) is 105 Å². The molecule has 0 unspecified atom stereocenters. The SMILES string of the molecule is CC.CCCCCCCCC[C@@H](NC(=O)OCC)C(=O)N1CCC[C@H]1C(=O)N[C@H](C=O)CCCN=C(N)N. The first-order chi connectivity index (χ1) is 18.3. The first kappa shape index (κ1) is 35.2. The van der Waals surface area contributed by atoms with Crippen LogP contribution in [0.5, 0.6) is 0 Å². The van der Waals surface area contributed by atoms with Crippen LogP contribution in [0.25, 0.3) is 0 Å². The van der Waals surface area contributed by atoms with Gasteiger partial charge in [-0.3, -0.25) is 14.6 Å². The van der Waals surface area contributed by atoms with Gasteiger partial charge in [0.25, 0.3) is 0 Å². The van der Waals surface area contributed by atoms with Crippen molar-refractivity contribution >= 4 is 30.2 Å². The van der Waals surface area contributed by atoms with Crippen LogP contribution in [-0.2, 0) is 19.1 Å². The van der Waals surface area contributed by atoms with Gasteiger partial charge in [-0.2, -0.15) is 0 Å². The van der Waals surface area contributed by atoms with Crippen LogP contribution < -0.4 is 22.1 Å². The lowest BCUT2D eigenvalue weighted by atomic mass is 10.0. The van der Waals surface area contributed by atoms with Gasteiger partial charge in [-0.1, -0.05) is 65.7 Å². The lowest BCUT2D eigenvalue weighted by molar-refractivity contribution is -0.140. The van der Waals surface area contributed by atoms with E-state index in [2.05, 4.69) is 22.5 Å². The fourth-order valence-corrected chi connectivity index (χ4v) is 4.35. The van der Waals surface area contributed by atoms with Crippen molar-refractivity contribution in [1.82, 2.24) is 15.5 Å². The number of amides is 3. The summed E-state index contributed by atoms with van der Waals surface area (Å²) in [5, 5.41) is 5.42. The maximum atomic E-state index is 13.4. The number of nitrogens with zero attached hydrogens (tertiary/aromatic N) is 2. The van der Waals surface area contributed by atoms with Crippen molar-refractivity contribution in [2.75, 3.05) is 19.7 Å². The third-order valence-electron chi connectivity index (χ3n) is 6.26. The van der Waals surface area contributed by atoms with Crippen LogP contribution in [0.2, 0.25) is 0 Å². The van der Waals surface area contributed by atoms with Crippen molar-refractivity contribution in [2.45, 2.75) is 123 Å². The van der Waals surface area contributed by atoms with Crippen molar-refractivity contribution in [3.8, 4) is 0 Å². The van der Waals surface area contributed by atoms with E-state index in [0.29, 0.717) is 51.5 Å². The van der Waals surface area contributed by atoms with Crippen molar-refractivity contribution in [3.05, 3.63) is 0 Å². The highest BCUT2D eigenvalue weighted by Crippen LogP contribution is 2.21. The molecule has 1 rings (SSSR count). The number of hydrogen-bond donors (Lipinski definition) is 4. The number of nitrogens with two attached hydrogens (primary N) is 2. The molecular weight excluding hydrogens is 488 g/mol. The van der Waals surface area contributed by atoms with E-state index in [1.54, 1.807) is 6.92 Å². The Bertz CT molecular complexity index is 714. The largest absolute Gasteiger partial charge is 0.450 e. The van der Waals surface area contributed by atoms with Gasteiger partial charge in [0.05, 0.1) is 12.6 Å². The molecular formula is C27H52N6O5. The average Bonchev–Trinajstić information content (AvgIpc) is 3.40. The molecule has 1 aliphatic rings. The summed E-state index contributed by atoms with van der Waals surface area (Å²) in [5.74, 6) is -0.683. The molecule has 0 aliphatic carbocycles. The maximum Gasteiger partial charge on any atom is 0.407 e. The zero-order valence-corrected chi connectivity index (χ0v) is 24.0. The second kappa shape index (κ2) is 22.2. The number of likely N-dealkylation sites (tertiary alicyclic amines) is 1. The Morgan fingerprint density at radius 3 is 2.26 bits per heavy atom. The smallest absolute Gasteiger partial charge is 0.407 e. The van der Waals surface area contributed by atoms with Gasteiger partial charge >= 0.3 is 6.09 Å². The summed E-state index contributed by atoms with van der Waals surface area (Å²) in [6.07, 6.45) is 10.3. The quantitative estimate of drug-likeness (QED) is 0.0896. The number of carbonyl (C=O) groups excluding carboxylic acids is 4. The van der Waals surface area contributed by atoms with E-state index in [9.17, 15) is 19.2 Å². The predicted octanol–water partition coefficient (Wildman–Crippen LogP) is 3.00. The number of hydrogen-bond acceptors (Lipinski definition) is 6. The summed E-state index contributed by atoms with van der Waals surface area (Å²) in [5.41, 5.74) is 10.6. The maximum absolute atomic E-state index is 13.4. The van der Waals surface area contributed by atoms with E-state index in [1.165, 1.54) is 24.2 Å². The first-order valence-corrected chi connectivity index (χ1v) is 14.4. The molecule has 3 amide bonds. The summed E-state index contributed by atoms with van der Waals surface area (Å²) in [6, 6.07) is -2.13. The number of guanidine groups is 1. The molecule has 1 heterocycles. The molecule has 1 saturated heterocycles. The summed E-state index contributed by atoms with van der Waals surface area (Å²) in [4.78, 5) is 55.3. The minimum absolute atomic E-state index is 0.0238. The van der Waals surface area contributed by atoms with Gasteiger partial charge in [0, 0.05) is 13.1 Å². The second-order valence-corrected chi connectivity index (χ2v) is 9.22. The van der Waals surface area contributed by atoms with Crippen LogP contribution in [-0.4, -0.2) is 72.9 Å². The minimum Gasteiger partial charge on any atom is -0.450 e. The van der Waals surface area contributed by atoms with E-state index in [1.807, 2.05) is 13.8 Å². The van der Waals surface area contributed by atoms with Crippen LogP contribution in [0.15, 0.2) is 4.99 Å². The second-order valence-electron chi connectivity index (χ2n) is 9.22. The lowest BCUT2D eigenvalue weighted by Gasteiger charge is -2.29. The Morgan fingerprint density at radius 1 is 1.00 bits per heavy atom. The molecule has 1 aliphatic heterocycles. The molecule has 0 spiro atoms. The third-order valence-corrected chi connectivity index (χ3v) is 6.26. The van der Waals surface area contributed by atoms with Crippen LogP contribution in [0.3, 0.4) is 0 Å². The van der Waals surface area contributed by atoms with Crippen molar-refractivity contribution in [1.29, 1.82) is 0 Å². The molecule has 11 heteroatoms.